The van der Waals surface area contributed by atoms with Crippen LogP contribution in [-0.4, -0.2) is 38.1 Å². The topological polar surface area (TPSA) is 49.9 Å². The number of hydrogen-bond donors (Lipinski definition) is 0. The lowest BCUT2D eigenvalue weighted by Crippen LogP contribution is -2.45. The zero-order chi connectivity index (χ0) is 16.4. The molecule has 2 aliphatic heterocycles. The number of carbonyl (C=O) groups excluding carboxylic acids is 2. The molecule has 0 spiro atoms. The summed E-state index contributed by atoms with van der Waals surface area (Å²) in [4.78, 5) is 27.6. The van der Waals surface area contributed by atoms with Crippen LogP contribution < -0.4 is 9.80 Å². The zero-order valence-electron chi connectivity index (χ0n) is 13.3. The standard InChI is InChI=1S/C17H21FN2O3/c1-2-5-19-6-7-20(15-10-13(18)3-4-14(15)19)16(21)8-12-9-17(22)23-11-12/h3-4,10,12H,2,5-9,11H2,1H3. The molecule has 1 aromatic rings. The van der Waals surface area contributed by atoms with Crippen LogP contribution in [0.3, 0.4) is 0 Å². The van der Waals surface area contributed by atoms with Gasteiger partial charge in [0.1, 0.15) is 5.82 Å². The number of rotatable bonds is 4. The normalized spacial score (nSPS) is 20.4. The molecule has 1 unspecified atom stereocenters. The van der Waals surface area contributed by atoms with E-state index in [9.17, 15) is 14.0 Å². The van der Waals surface area contributed by atoms with Crippen LogP contribution in [0.4, 0.5) is 15.8 Å². The summed E-state index contributed by atoms with van der Waals surface area (Å²) < 4.78 is 18.6. The Balaban J connectivity index is 1.80. The Bertz CT molecular complexity index is 620. The van der Waals surface area contributed by atoms with Crippen LogP contribution >= 0.6 is 0 Å². The Kier molecular flexibility index (Phi) is 4.50. The van der Waals surface area contributed by atoms with Crippen molar-refractivity contribution in [3.8, 4) is 0 Å². The first-order valence-electron chi connectivity index (χ1n) is 8.09. The van der Waals surface area contributed by atoms with Crippen LogP contribution in [0.5, 0.6) is 0 Å². The Morgan fingerprint density at radius 2 is 2.17 bits per heavy atom. The monoisotopic (exact) mass is 320 g/mol. The molecule has 0 aromatic heterocycles. The van der Waals surface area contributed by atoms with E-state index in [1.807, 2.05) is 0 Å². The number of ether oxygens (including phenoxy) is 1. The highest BCUT2D eigenvalue weighted by atomic mass is 19.1. The van der Waals surface area contributed by atoms with Crippen LogP contribution in [0.15, 0.2) is 18.2 Å². The van der Waals surface area contributed by atoms with Crippen molar-refractivity contribution < 1.29 is 18.7 Å². The van der Waals surface area contributed by atoms with Gasteiger partial charge in [-0.1, -0.05) is 6.92 Å². The second-order valence-corrected chi connectivity index (χ2v) is 6.12. The lowest BCUT2D eigenvalue weighted by Gasteiger charge is -2.38. The fraction of sp³-hybridized carbons (Fsp3) is 0.529. The molecule has 6 heteroatoms. The third kappa shape index (κ3) is 3.30. The third-order valence-corrected chi connectivity index (χ3v) is 4.36. The summed E-state index contributed by atoms with van der Waals surface area (Å²) in [6, 6.07) is 4.59. The largest absolute Gasteiger partial charge is 0.465 e. The van der Waals surface area contributed by atoms with Gasteiger partial charge in [-0.05, 0) is 24.6 Å². The Morgan fingerprint density at radius 1 is 1.35 bits per heavy atom. The van der Waals surface area contributed by atoms with Crippen molar-refractivity contribution in [3.63, 3.8) is 0 Å². The molecule has 1 saturated heterocycles. The van der Waals surface area contributed by atoms with Crippen LogP contribution in [0, 0.1) is 11.7 Å². The fourth-order valence-corrected chi connectivity index (χ4v) is 3.26. The molecule has 2 heterocycles. The first-order valence-corrected chi connectivity index (χ1v) is 8.09. The molecule has 0 bridgehead atoms. The van der Waals surface area contributed by atoms with Crippen molar-refractivity contribution >= 4 is 23.3 Å². The molecular weight excluding hydrogens is 299 g/mol. The summed E-state index contributed by atoms with van der Waals surface area (Å²) in [6.07, 6.45) is 1.54. The second kappa shape index (κ2) is 6.56. The molecule has 0 N–H and O–H groups in total. The Morgan fingerprint density at radius 3 is 2.87 bits per heavy atom. The predicted octanol–water partition coefficient (Wildman–Crippen LogP) is 2.34. The van der Waals surface area contributed by atoms with Gasteiger partial charge in [0, 0.05) is 32.0 Å². The minimum Gasteiger partial charge on any atom is -0.465 e. The lowest BCUT2D eigenvalue weighted by atomic mass is 10.0. The summed E-state index contributed by atoms with van der Waals surface area (Å²) >= 11 is 0. The number of carbonyl (C=O) groups is 2. The van der Waals surface area contributed by atoms with Crippen molar-refractivity contribution in [2.45, 2.75) is 26.2 Å². The molecule has 1 atom stereocenters. The first-order chi connectivity index (χ1) is 11.1. The third-order valence-electron chi connectivity index (χ3n) is 4.36. The number of esters is 1. The quantitative estimate of drug-likeness (QED) is 0.799. The number of halogens is 1. The van der Waals surface area contributed by atoms with Gasteiger partial charge in [0.25, 0.3) is 0 Å². The number of cyclic esters (lactones) is 1. The highest BCUT2D eigenvalue weighted by molar-refractivity contribution is 5.98. The van der Waals surface area contributed by atoms with E-state index in [1.54, 1.807) is 11.0 Å². The SMILES string of the molecule is CCCN1CCN(C(=O)CC2COC(=O)C2)c2cc(F)ccc21. The summed E-state index contributed by atoms with van der Waals surface area (Å²) in [5, 5.41) is 0. The first kappa shape index (κ1) is 15.8. The number of benzene rings is 1. The summed E-state index contributed by atoms with van der Waals surface area (Å²) in [5.74, 6) is -0.738. The van der Waals surface area contributed by atoms with Gasteiger partial charge in [-0.15, -0.1) is 0 Å². The molecule has 1 amide bonds. The van der Waals surface area contributed by atoms with Gasteiger partial charge in [0.15, 0.2) is 0 Å². The van der Waals surface area contributed by atoms with E-state index >= 15 is 0 Å². The number of anilines is 2. The van der Waals surface area contributed by atoms with Crippen LogP contribution in [0.25, 0.3) is 0 Å². The highest BCUT2D eigenvalue weighted by Gasteiger charge is 2.31. The molecule has 5 nitrogen and oxygen atoms in total. The van der Waals surface area contributed by atoms with E-state index in [2.05, 4.69) is 11.8 Å². The molecule has 0 radical (unpaired) electrons. The van der Waals surface area contributed by atoms with Gasteiger partial charge in [0.2, 0.25) is 5.91 Å². The van der Waals surface area contributed by atoms with Crippen LogP contribution in [-0.2, 0) is 14.3 Å². The van der Waals surface area contributed by atoms with E-state index in [0.29, 0.717) is 18.8 Å². The molecule has 0 aliphatic carbocycles. The number of fused-ring (bicyclic) bond motifs is 1. The average molecular weight is 320 g/mol. The fourth-order valence-electron chi connectivity index (χ4n) is 3.26. The number of nitrogens with zero attached hydrogens (tertiary/aromatic N) is 2. The van der Waals surface area contributed by atoms with Crippen molar-refractivity contribution in [2.24, 2.45) is 5.92 Å². The van der Waals surface area contributed by atoms with E-state index < -0.39 is 0 Å². The smallest absolute Gasteiger partial charge is 0.306 e. The van der Waals surface area contributed by atoms with E-state index in [-0.39, 0.29) is 36.5 Å². The molecule has 2 aliphatic rings. The summed E-state index contributed by atoms with van der Waals surface area (Å²) in [6.45, 7) is 4.55. The zero-order valence-corrected chi connectivity index (χ0v) is 13.3. The molecular formula is C17H21FN2O3. The average Bonchev–Trinajstić information content (AvgIpc) is 2.92. The molecule has 1 aromatic carbocycles. The maximum absolute atomic E-state index is 13.7. The van der Waals surface area contributed by atoms with Crippen LogP contribution in [0.2, 0.25) is 0 Å². The second-order valence-electron chi connectivity index (χ2n) is 6.12. The van der Waals surface area contributed by atoms with Crippen molar-refractivity contribution in [1.29, 1.82) is 0 Å². The van der Waals surface area contributed by atoms with E-state index in [1.165, 1.54) is 12.1 Å². The molecule has 3 rings (SSSR count). The van der Waals surface area contributed by atoms with E-state index in [0.717, 1.165) is 25.2 Å². The minimum atomic E-state index is -0.348. The maximum Gasteiger partial charge on any atom is 0.306 e. The summed E-state index contributed by atoms with van der Waals surface area (Å²) in [7, 11) is 0. The van der Waals surface area contributed by atoms with Gasteiger partial charge in [0.05, 0.1) is 24.4 Å². The van der Waals surface area contributed by atoms with Gasteiger partial charge in [-0.25, -0.2) is 4.39 Å². The predicted molar refractivity (Wildman–Crippen MR) is 84.9 cm³/mol. The maximum atomic E-state index is 13.7. The Labute approximate surface area is 135 Å². The highest BCUT2D eigenvalue weighted by Crippen LogP contribution is 2.35. The number of hydrogen-bond acceptors (Lipinski definition) is 4. The van der Waals surface area contributed by atoms with Crippen molar-refractivity contribution in [2.75, 3.05) is 36.0 Å². The van der Waals surface area contributed by atoms with Crippen molar-refractivity contribution in [1.82, 2.24) is 0 Å². The molecule has 0 saturated carbocycles. The molecule has 124 valence electrons. The Hall–Kier alpha value is -2.11. The van der Waals surface area contributed by atoms with Gasteiger partial charge >= 0.3 is 5.97 Å². The molecule has 23 heavy (non-hydrogen) atoms. The minimum absolute atomic E-state index is 0.0688. The number of amides is 1. The molecule has 1 fully saturated rings. The lowest BCUT2D eigenvalue weighted by molar-refractivity contribution is -0.138. The van der Waals surface area contributed by atoms with Gasteiger partial charge < -0.3 is 14.5 Å². The van der Waals surface area contributed by atoms with Gasteiger partial charge in [-0.3, -0.25) is 9.59 Å². The van der Waals surface area contributed by atoms with Crippen LogP contribution in [0.1, 0.15) is 26.2 Å². The van der Waals surface area contributed by atoms with E-state index in [4.69, 9.17) is 4.74 Å². The van der Waals surface area contributed by atoms with Gasteiger partial charge in [-0.2, -0.15) is 0 Å². The van der Waals surface area contributed by atoms with Crippen molar-refractivity contribution in [3.05, 3.63) is 24.0 Å². The summed E-state index contributed by atoms with van der Waals surface area (Å²) in [5.41, 5.74) is 1.52.